The minimum absolute atomic E-state index is 0.0265. The third-order valence-electron chi connectivity index (χ3n) is 2.48. The molecule has 0 aliphatic carbocycles. The maximum atomic E-state index is 12.3. The van der Waals surface area contributed by atoms with Crippen molar-refractivity contribution in [1.82, 2.24) is 15.0 Å². The second-order valence-corrected chi connectivity index (χ2v) is 3.92. The van der Waals surface area contributed by atoms with Gasteiger partial charge in [-0.25, -0.2) is 4.68 Å². The van der Waals surface area contributed by atoms with Crippen LogP contribution >= 0.6 is 0 Å². The highest BCUT2D eigenvalue weighted by Gasteiger charge is 2.09. The summed E-state index contributed by atoms with van der Waals surface area (Å²) in [5.41, 5.74) is 1.08. The first-order valence-corrected chi connectivity index (χ1v) is 5.96. The zero-order valence-electron chi connectivity index (χ0n) is 10.5. The molecule has 0 bridgehead atoms. The number of anilines is 1. The Hall–Kier alpha value is -2.22. The lowest BCUT2D eigenvalue weighted by Gasteiger charge is -2.11. The molecule has 108 valence electrons. The van der Waals surface area contributed by atoms with Gasteiger partial charge in [-0.05, 0) is 12.1 Å². The van der Waals surface area contributed by atoms with Crippen molar-refractivity contribution in [2.75, 3.05) is 11.9 Å². The molecule has 0 spiro atoms. The molecule has 0 radical (unpaired) electrons. The van der Waals surface area contributed by atoms with Gasteiger partial charge in [0.1, 0.15) is 11.4 Å². The van der Waals surface area contributed by atoms with Crippen molar-refractivity contribution in [3.63, 3.8) is 0 Å². The molecular formula is C12H14F2N4O2. The Morgan fingerprint density at radius 1 is 1.35 bits per heavy atom. The number of benzene rings is 1. The van der Waals surface area contributed by atoms with Crippen molar-refractivity contribution in [2.24, 2.45) is 0 Å². The van der Waals surface area contributed by atoms with Gasteiger partial charge in [-0.2, -0.15) is 8.78 Å². The number of aliphatic hydroxyl groups is 1. The number of hydrogen-bond acceptors (Lipinski definition) is 5. The number of alkyl halides is 2. The summed E-state index contributed by atoms with van der Waals surface area (Å²) in [4.78, 5) is 0. The van der Waals surface area contributed by atoms with E-state index in [-0.39, 0.29) is 12.4 Å². The normalized spacial score (nSPS) is 10.8. The molecule has 0 atom stereocenters. The third kappa shape index (κ3) is 3.89. The highest BCUT2D eigenvalue weighted by molar-refractivity contribution is 5.56. The number of nitrogens with zero attached hydrogens (tertiary/aromatic N) is 3. The Bertz CT molecular complexity index is 548. The highest BCUT2D eigenvalue weighted by Crippen LogP contribution is 2.25. The van der Waals surface area contributed by atoms with Gasteiger partial charge in [-0.1, -0.05) is 17.3 Å². The molecular weight excluding hydrogens is 270 g/mol. The molecule has 2 N–H and O–H groups in total. The lowest BCUT2D eigenvalue weighted by Crippen LogP contribution is -2.06. The van der Waals surface area contributed by atoms with Crippen molar-refractivity contribution in [1.29, 1.82) is 0 Å². The van der Waals surface area contributed by atoms with Crippen molar-refractivity contribution in [2.45, 2.75) is 19.7 Å². The Kier molecular flexibility index (Phi) is 4.83. The molecule has 8 heteroatoms. The maximum Gasteiger partial charge on any atom is 0.387 e. The fourth-order valence-electron chi connectivity index (χ4n) is 1.63. The predicted molar refractivity (Wildman–Crippen MR) is 67.5 cm³/mol. The van der Waals surface area contributed by atoms with E-state index in [2.05, 4.69) is 20.4 Å². The van der Waals surface area contributed by atoms with Crippen LogP contribution in [0.1, 0.15) is 5.69 Å². The Morgan fingerprint density at radius 2 is 2.15 bits per heavy atom. The number of rotatable bonds is 7. The molecule has 1 heterocycles. The summed E-state index contributed by atoms with van der Waals surface area (Å²) in [6.45, 7) is -2.22. The molecule has 1 aromatic heterocycles. The van der Waals surface area contributed by atoms with Crippen molar-refractivity contribution < 1.29 is 18.6 Å². The molecule has 0 aliphatic heterocycles. The number of nitrogens with one attached hydrogen (secondary N) is 1. The molecule has 0 saturated carbocycles. The minimum atomic E-state index is -2.87. The summed E-state index contributed by atoms with van der Waals surface area (Å²) in [6.07, 6.45) is 1.67. The average molecular weight is 284 g/mol. The molecule has 1 aromatic carbocycles. The van der Waals surface area contributed by atoms with Crippen LogP contribution in [0.3, 0.4) is 0 Å². The first-order chi connectivity index (χ1) is 9.69. The zero-order chi connectivity index (χ0) is 14.4. The van der Waals surface area contributed by atoms with E-state index in [4.69, 9.17) is 5.11 Å². The van der Waals surface area contributed by atoms with Crippen LogP contribution in [0, 0.1) is 0 Å². The Labute approximate surface area is 114 Å². The fourth-order valence-corrected chi connectivity index (χ4v) is 1.63. The minimum Gasteiger partial charge on any atom is -0.433 e. The smallest absolute Gasteiger partial charge is 0.387 e. The largest absolute Gasteiger partial charge is 0.433 e. The lowest BCUT2D eigenvalue weighted by atomic mass is 10.3. The number of halogens is 2. The summed E-state index contributed by atoms with van der Waals surface area (Å²) >= 11 is 0. The van der Waals surface area contributed by atoms with E-state index in [0.717, 1.165) is 0 Å². The second-order valence-electron chi connectivity index (χ2n) is 3.92. The topological polar surface area (TPSA) is 72.2 Å². The van der Waals surface area contributed by atoms with Crippen LogP contribution < -0.4 is 10.1 Å². The molecule has 0 fully saturated rings. The molecule has 2 rings (SSSR count). The SMILES string of the molecule is OCCn1cc(CNc2ccccc2OC(F)F)nn1. The number of para-hydroxylation sites is 2. The van der Waals surface area contributed by atoms with Crippen molar-refractivity contribution >= 4 is 5.69 Å². The molecule has 0 amide bonds. The van der Waals surface area contributed by atoms with Gasteiger partial charge in [0.05, 0.1) is 31.6 Å². The maximum absolute atomic E-state index is 12.3. The summed E-state index contributed by atoms with van der Waals surface area (Å²) < 4.78 is 30.4. The fraction of sp³-hybridized carbons (Fsp3) is 0.333. The van der Waals surface area contributed by atoms with Gasteiger partial charge in [0.15, 0.2) is 0 Å². The average Bonchev–Trinajstić information content (AvgIpc) is 2.85. The summed E-state index contributed by atoms with van der Waals surface area (Å²) in [7, 11) is 0. The van der Waals surface area contributed by atoms with Gasteiger partial charge in [-0.15, -0.1) is 5.10 Å². The number of hydrogen-bond donors (Lipinski definition) is 2. The van der Waals surface area contributed by atoms with E-state index >= 15 is 0 Å². The van der Waals surface area contributed by atoms with Crippen LogP contribution in [0.15, 0.2) is 30.5 Å². The predicted octanol–water partition coefficient (Wildman–Crippen LogP) is 1.48. The second kappa shape index (κ2) is 6.80. The van der Waals surface area contributed by atoms with E-state index in [1.807, 2.05) is 0 Å². The molecule has 0 unspecified atom stereocenters. The Morgan fingerprint density at radius 3 is 2.90 bits per heavy atom. The van der Waals surface area contributed by atoms with Crippen LogP contribution in [-0.4, -0.2) is 33.3 Å². The first-order valence-electron chi connectivity index (χ1n) is 5.96. The zero-order valence-corrected chi connectivity index (χ0v) is 10.5. The van der Waals surface area contributed by atoms with E-state index in [9.17, 15) is 8.78 Å². The number of aromatic nitrogens is 3. The number of ether oxygens (including phenoxy) is 1. The molecule has 2 aromatic rings. The van der Waals surface area contributed by atoms with Gasteiger partial charge in [-0.3, -0.25) is 0 Å². The lowest BCUT2D eigenvalue weighted by molar-refractivity contribution is -0.0493. The summed E-state index contributed by atoms with van der Waals surface area (Å²) in [6, 6.07) is 6.41. The molecule has 0 saturated heterocycles. The van der Waals surface area contributed by atoms with E-state index < -0.39 is 6.61 Å². The van der Waals surface area contributed by atoms with Crippen LogP contribution in [0.5, 0.6) is 5.75 Å². The van der Waals surface area contributed by atoms with E-state index in [0.29, 0.717) is 24.5 Å². The molecule has 0 aliphatic rings. The van der Waals surface area contributed by atoms with Crippen LogP contribution in [-0.2, 0) is 13.1 Å². The van der Waals surface area contributed by atoms with Gasteiger partial charge in [0.2, 0.25) is 0 Å². The molecule has 20 heavy (non-hydrogen) atoms. The van der Waals surface area contributed by atoms with E-state index in [1.54, 1.807) is 24.4 Å². The monoisotopic (exact) mass is 284 g/mol. The summed E-state index contributed by atoms with van der Waals surface area (Å²) in [5, 5.41) is 19.4. The number of aliphatic hydroxyl groups excluding tert-OH is 1. The van der Waals surface area contributed by atoms with E-state index in [1.165, 1.54) is 10.7 Å². The first kappa shape index (κ1) is 14.2. The third-order valence-corrected chi connectivity index (χ3v) is 2.48. The van der Waals surface area contributed by atoms with Gasteiger partial charge in [0, 0.05) is 0 Å². The van der Waals surface area contributed by atoms with Crippen molar-refractivity contribution in [3.05, 3.63) is 36.2 Å². The standard InChI is InChI=1S/C12H14F2N4O2/c13-12(14)20-11-4-2-1-3-10(11)15-7-9-8-18(5-6-19)17-16-9/h1-4,8,12,15,19H,5-7H2. The van der Waals surface area contributed by atoms with Gasteiger partial charge in [0.25, 0.3) is 0 Å². The van der Waals surface area contributed by atoms with Gasteiger partial charge >= 0.3 is 6.61 Å². The molecule has 6 nitrogen and oxygen atoms in total. The quantitative estimate of drug-likeness (QED) is 0.806. The van der Waals surface area contributed by atoms with Crippen LogP contribution in [0.4, 0.5) is 14.5 Å². The highest BCUT2D eigenvalue weighted by atomic mass is 19.3. The van der Waals surface area contributed by atoms with Gasteiger partial charge < -0.3 is 15.2 Å². The Balaban J connectivity index is 1.99. The van der Waals surface area contributed by atoms with Crippen LogP contribution in [0.25, 0.3) is 0 Å². The summed E-state index contributed by atoms with van der Waals surface area (Å²) in [5.74, 6) is 0.0743. The van der Waals surface area contributed by atoms with Crippen LogP contribution in [0.2, 0.25) is 0 Å². The van der Waals surface area contributed by atoms with Crippen molar-refractivity contribution in [3.8, 4) is 5.75 Å².